The van der Waals surface area contributed by atoms with Crippen molar-refractivity contribution in [1.29, 1.82) is 0 Å². The fraction of sp³-hybridized carbons (Fsp3) is 0. The number of fused-ring (bicyclic) bond motifs is 1. The molecule has 1 heterocycles. The molecule has 1 aromatic heterocycles. The van der Waals surface area contributed by atoms with E-state index in [1.165, 1.54) is 6.21 Å². The molecule has 9 heteroatoms. The van der Waals surface area contributed by atoms with Crippen molar-refractivity contribution >= 4 is 79.1 Å². The third-order valence-corrected chi connectivity index (χ3v) is 7.18. The molecule has 5 aromatic rings. The number of hydrogen-bond acceptors (Lipinski definition) is 4. The monoisotopic (exact) mass is 697 g/mol. The zero-order valence-corrected chi connectivity index (χ0v) is 24.0. The number of aromatic nitrogens is 1. The number of hydrazone groups is 1. The molecular weight excluding hydrogens is 681 g/mol. The number of nitrogens with one attached hydrogen (secondary N) is 2. The lowest BCUT2D eigenvalue weighted by molar-refractivity contribution is 0.0734. The summed E-state index contributed by atoms with van der Waals surface area (Å²) in [4.78, 5) is 29.1. The molecule has 2 N–H and O–H groups in total. The number of carbonyl (C=O) groups excluding carboxylic acids is 2. The molecule has 0 unspecified atom stereocenters. The Balaban J connectivity index is 1.44. The number of benzene rings is 4. The Bertz CT molecular complexity index is 1700. The van der Waals surface area contributed by atoms with Crippen molar-refractivity contribution in [2.75, 3.05) is 0 Å². The lowest BCUT2D eigenvalue weighted by Gasteiger charge is -2.08. The number of halogens is 3. The van der Waals surface area contributed by atoms with E-state index in [9.17, 15) is 9.59 Å². The highest BCUT2D eigenvalue weighted by Gasteiger charge is 2.21. The van der Waals surface area contributed by atoms with Crippen LogP contribution in [-0.4, -0.2) is 23.1 Å². The highest BCUT2D eigenvalue weighted by Crippen LogP contribution is 2.37. The highest BCUT2D eigenvalue weighted by atomic mass is 127. The minimum atomic E-state index is -0.497. The zero-order chi connectivity index (χ0) is 26.6. The van der Waals surface area contributed by atoms with E-state index >= 15 is 0 Å². The summed E-state index contributed by atoms with van der Waals surface area (Å²) in [6.45, 7) is 0. The van der Waals surface area contributed by atoms with Crippen LogP contribution in [0, 0.1) is 3.57 Å². The molecule has 0 bridgehead atoms. The zero-order valence-electron chi connectivity index (χ0n) is 19.5. The predicted octanol–water partition coefficient (Wildman–Crippen LogP) is 7.84. The first kappa shape index (κ1) is 26.1. The fourth-order valence-corrected chi connectivity index (χ4v) is 5.04. The van der Waals surface area contributed by atoms with Crippen molar-refractivity contribution in [3.05, 3.63) is 121 Å². The maximum Gasteiger partial charge on any atom is 0.343 e. The molecule has 0 fully saturated rings. The Hall–Kier alpha value is -3.47. The molecule has 0 saturated heterocycles. The van der Waals surface area contributed by atoms with E-state index in [4.69, 9.17) is 16.3 Å². The number of ether oxygens (including phenoxy) is 1. The van der Waals surface area contributed by atoms with E-state index < -0.39 is 11.9 Å². The predicted molar refractivity (Wildman–Crippen MR) is 162 cm³/mol. The van der Waals surface area contributed by atoms with Crippen molar-refractivity contribution in [3.8, 4) is 16.9 Å². The summed E-state index contributed by atoms with van der Waals surface area (Å²) in [5.74, 6) is -0.638. The van der Waals surface area contributed by atoms with Gasteiger partial charge in [-0.1, -0.05) is 63.9 Å². The van der Waals surface area contributed by atoms with Gasteiger partial charge in [0.2, 0.25) is 0 Å². The van der Waals surface area contributed by atoms with Gasteiger partial charge in [-0.15, -0.1) is 0 Å². The number of nitrogens with zero attached hydrogens (tertiary/aromatic N) is 1. The smallest absolute Gasteiger partial charge is 0.343 e. The minimum Gasteiger partial charge on any atom is -0.422 e. The van der Waals surface area contributed by atoms with Crippen LogP contribution in [0.4, 0.5) is 0 Å². The van der Waals surface area contributed by atoms with Crippen LogP contribution in [0.3, 0.4) is 0 Å². The van der Waals surface area contributed by atoms with Crippen LogP contribution in [0.1, 0.15) is 26.4 Å². The average molecular weight is 699 g/mol. The summed E-state index contributed by atoms with van der Waals surface area (Å²) in [5.41, 5.74) is 6.07. The Morgan fingerprint density at radius 3 is 2.53 bits per heavy atom. The molecule has 6 nitrogen and oxygen atoms in total. The van der Waals surface area contributed by atoms with Gasteiger partial charge in [0.15, 0.2) is 0 Å². The molecule has 0 aliphatic rings. The molecule has 1 amide bonds. The molecule has 4 aromatic carbocycles. The van der Waals surface area contributed by atoms with Crippen molar-refractivity contribution in [1.82, 2.24) is 10.4 Å². The first-order valence-corrected chi connectivity index (χ1v) is 13.6. The number of esters is 1. The number of hydrogen-bond donors (Lipinski definition) is 2. The SMILES string of the molecule is O=C(Oc1ccc(Br)cc1C=NNC(=O)c1[nH]c2ccc(I)cc2c1-c1ccccc1Cl)c1ccccc1. The first-order valence-electron chi connectivity index (χ1n) is 11.4. The van der Waals surface area contributed by atoms with Gasteiger partial charge in [-0.05, 0) is 77.2 Å². The molecule has 0 spiro atoms. The number of carbonyl (C=O) groups is 2. The van der Waals surface area contributed by atoms with E-state index in [2.05, 4.69) is 54.0 Å². The van der Waals surface area contributed by atoms with Gasteiger partial charge in [0.1, 0.15) is 11.4 Å². The maximum atomic E-state index is 13.3. The molecule has 0 aliphatic carbocycles. The molecule has 0 atom stereocenters. The van der Waals surface area contributed by atoms with Gasteiger partial charge >= 0.3 is 5.97 Å². The average Bonchev–Trinajstić information content (AvgIpc) is 3.29. The summed E-state index contributed by atoms with van der Waals surface area (Å²) in [6.07, 6.45) is 1.43. The van der Waals surface area contributed by atoms with Crippen LogP contribution in [-0.2, 0) is 0 Å². The molecular formula is C29H18BrClIN3O3. The third kappa shape index (κ3) is 5.67. The van der Waals surface area contributed by atoms with Gasteiger partial charge in [-0.25, -0.2) is 10.2 Å². The summed E-state index contributed by atoms with van der Waals surface area (Å²) >= 11 is 12.2. The van der Waals surface area contributed by atoms with Crippen LogP contribution >= 0.6 is 50.1 Å². The highest BCUT2D eigenvalue weighted by molar-refractivity contribution is 14.1. The fourth-order valence-electron chi connectivity index (χ4n) is 3.94. The molecule has 0 aliphatic heterocycles. The Morgan fingerprint density at radius 2 is 1.74 bits per heavy atom. The quantitative estimate of drug-likeness (QED) is 0.0624. The van der Waals surface area contributed by atoms with Gasteiger partial charge in [0.05, 0.1) is 11.8 Å². The Morgan fingerprint density at radius 1 is 0.974 bits per heavy atom. The van der Waals surface area contributed by atoms with Gasteiger partial charge < -0.3 is 9.72 Å². The number of rotatable bonds is 6. The normalized spacial score (nSPS) is 11.1. The van der Waals surface area contributed by atoms with Crippen LogP contribution in [0.2, 0.25) is 5.02 Å². The largest absolute Gasteiger partial charge is 0.422 e. The van der Waals surface area contributed by atoms with Crippen LogP contribution < -0.4 is 10.2 Å². The number of H-pyrrole nitrogens is 1. The lowest BCUT2D eigenvalue weighted by atomic mass is 10.0. The molecule has 38 heavy (non-hydrogen) atoms. The van der Waals surface area contributed by atoms with Crippen molar-refractivity contribution < 1.29 is 14.3 Å². The Kier molecular flexibility index (Phi) is 7.92. The van der Waals surface area contributed by atoms with E-state index in [1.807, 2.05) is 42.5 Å². The van der Waals surface area contributed by atoms with Crippen LogP contribution in [0.25, 0.3) is 22.0 Å². The van der Waals surface area contributed by atoms with Crippen molar-refractivity contribution in [2.45, 2.75) is 0 Å². The first-order chi connectivity index (χ1) is 18.4. The summed E-state index contributed by atoms with van der Waals surface area (Å²) < 4.78 is 7.37. The second kappa shape index (κ2) is 11.5. The van der Waals surface area contributed by atoms with Gasteiger partial charge in [-0.3, -0.25) is 4.79 Å². The van der Waals surface area contributed by atoms with E-state index in [1.54, 1.807) is 48.5 Å². The van der Waals surface area contributed by atoms with Gasteiger partial charge in [-0.2, -0.15) is 5.10 Å². The van der Waals surface area contributed by atoms with E-state index in [0.29, 0.717) is 33.2 Å². The van der Waals surface area contributed by atoms with Crippen LogP contribution in [0.15, 0.2) is 101 Å². The number of amides is 1. The molecule has 0 radical (unpaired) electrons. The molecule has 5 rings (SSSR count). The molecule has 188 valence electrons. The third-order valence-electron chi connectivity index (χ3n) is 5.68. The van der Waals surface area contributed by atoms with Gasteiger partial charge in [0.25, 0.3) is 5.91 Å². The second-order valence-electron chi connectivity index (χ2n) is 8.18. The van der Waals surface area contributed by atoms with Crippen molar-refractivity contribution in [3.63, 3.8) is 0 Å². The number of aromatic amines is 1. The van der Waals surface area contributed by atoms with E-state index in [-0.39, 0.29) is 0 Å². The van der Waals surface area contributed by atoms with Crippen molar-refractivity contribution in [2.24, 2.45) is 5.10 Å². The summed E-state index contributed by atoms with van der Waals surface area (Å²) in [6, 6.07) is 27.1. The summed E-state index contributed by atoms with van der Waals surface area (Å²) in [7, 11) is 0. The maximum absolute atomic E-state index is 13.3. The lowest BCUT2D eigenvalue weighted by Crippen LogP contribution is -2.19. The van der Waals surface area contributed by atoms with E-state index in [0.717, 1.165) is 24.5 Å². The Labute approximate surface area is 245 Å². The van der Waals surface area contributed by atoms with Gasteiger partial charge in [0, 0.05) is 40.7 Å². The standard InChI is InChI=1S/C29H18BrClIN3O3/c30-19-10-13-25(38-29(37)17-6-2-1-3-7-17)18(14-19)16-33-35-28(36)27-26(21-8-4-5-9-23(21)31)22-15-20(32)11-12-24(22)34-27/h1-16,34H,(H,35,36). The topological polar surface area (TPSA) is 83.5 Å². The molecule has 0 saturated carbocycles. The summed E-state index contributed by atoms with van der Waals surface area (Å²) in [5, 5.41) is 5.56. The second-order valence-corrected chi connectivity index (χ2v) is 10.8. The minimum absolute atomic E-state index is 0.303. The van der Waals surface area contributed by atoms with Crippen LogP contribution in [0.5, 0.6) is 5.75 Å².